The first kappa shape index (κ1) is 22.8. The van der Waals surface area contributed by atoms with E-state index in [0.717, 1.165) is 24.8 Å². The average molecular weight is 449 g/mol. The van der Waals surface area contributed by atoms with Gasteiger partial charge in [-0.3, -0.25) is 9.59 Å². The molecule has 33 heavy (non-hydrogen) atoms. The van der Waals surface area contributed by atoms with Gasteiger partial charge in [0.05, 0.1) is 5.92 Å². The molecule has 1 saturated heterocycles. The fourth-order valence-corrected chi connectivity index (χ4v) is 4.86. The van der Waals surface area contributed by atoms with Crippen LogP contribution < -0.4 is 10.6 Å². The smallest absolute Gasteiger partial charge is 0.317 e. The second-order valence-corrected chi connectivity index (χ2v) is 8.75. The Hall–Kier alpha value is -3.35. The van der Waals surface area contributed by atoms with Crippen molar-refractivity contribution >= 4 is 17.8 Å². The van der Waals surface area contributed by atoms with E-state index >= 15 is 0 Å². The monoisotopic (exact) mass is 448 g/mol. The van der Waals surface area contributed by atoms with Gasteiger partial charge in [-0.05, 0) is 37.0 Å². The summed E-state index contributed by atoms with van der Waals surface area (Å²) in [7, 11) is 0. The van der Waals surface area contributed by atoms with Crippen molar-refractivity contribution in [1.29, 1.82) is 0 Å². The molecular weight excluding hydrogens is 416 g/mol. The van der Waals surface area contributed by atoms with E-state index in [2.05, 4.69) is 10.6 Å². The van der Waals surface area contributed by atoms with Crippen molar-refractivity contribution in [2.45, 2.75) is 38.3 Å². The van der Waals surface area contributed by atoms with E-state index in [1.165, 1.54) is 0 Å². The number of fused-ring (bicyclic) bond motifs is 1. The predicted octanol–water partition coefficient (Wildman–Crippen LogP) is 3.03. The predicted molar refractivity (Wildman–Crippen MR) is 126 cm³/mol. The molecule has 2 N–H and O–H groups in total. The molecule has 174 valence electrons. The first-order valence-electron chi connectivity index (χ1n) is 11.8. The maximum atomic E-state index is 13.4. The van der Waals surface area contributed by atoms with Crippen LogP contribution >= 0.6 is 0 Å². The number of nitrogens with one attached hydrogen (secondary N) is 2. The lowest BCUT2D eigenvalue weighted by atomic mass is 9.99. The third kappa shape index (κ3) is 5.72. The summed E-state index contributed by atoms with van der Waals surface area (Å²) in [6.07, 6.45) is 3.22. The fourth-order valence-electron chi connectivity index (χ4n) is 4.86. The summed E-state index contributed by atoms with van der Waals surface area (Å²) in [4.78, 5) is 42.8. The van der Waals surface area contributed by atoms with Crippen molar-refractivity contribution < 1.29 is 14.4 Å². The van der Waals surface area contributed by atoms with E-state index < -0.39 is 0 Å². The normalized spacial score (nSPS) is 21.5. The number of rotatable bonds is 3. The number of benzene rings is 2. The quantitative estimate of drug-likeness (QED) is 0.757. The fraction of sp³-hybridized carbons (Fsp3) is 0.423. The van der Waals surface area contributed by atoms with Crippen LogP contribution in [0, 0.1) is 5.92 Å². The van der Waals surface area contributed by atoms with Crippen LogP contribution in [0.3, 0.4) is 0 Å². The molecule has 0 spiro atoms. The molecule has 1 saturated carbocycles. The summed E-state index contributed by atoms with van der Waals surface area (Å²) < 4.78 is 0. The van der Waals surface area contributed by atoms with Gasteiger partial charge in [-0.15, -0.1) is 0 Å². The molecule has 2 fully saturated rings. The van der Waals surface area contributed by atoms with Gasteiger partial charge in [0.2, 0.25) is 5.91 Å². The molecular formula is C26H32N4O3. The average Bonchev–Trinajstić information content (AvgIpc) is 3.33. The molecule has 0 aromatic heterocycles. The van der Waals surface area contributed by atoms with Gasteiger partial charge in [0.1, 0.15) is 0 Å². The van der Waals surface area contributed by atoms with Crippen LogP contribution in [0.1, 0.15) is 41.6 Å². The standard InChI is InChI=1S/C26H32N4O3/c31-24-22-13-7-14-23(22)30(25(32)21-11-5-2-6-12-21)17-8-16-29(18-15-27-24)26(33)28-19-20-9-3-1-4-10-20/h1-6,9-12,22-23H,7-8,13-19H2,(H,27,31)(H,28,33). The summed E-state index contributed by atoms with van der Waals surface area (Å²) in [5.41, 5.74) is 1.67. The topological polar surface area (TPSA) is 81.8 Å². The third-order valence-corrected chi connectivity index (χ3v) is 6.58. The SMILES string of the molecule is O=C1NCCN(C(=O)NCc2ccccc2)CCCN(C(=O)c2ccccc2)C2CCCC12. The van der Waals surface area contributed by atoms with Crippen molar-refractivity contribution in [3.63, 3.8) is 0 Å². The van der Waals surface area contributed by atoms with E-state index in [4.69, 9.17) is 0 Å². The maximum absolute atomic E-state index is 13.4. The molecule has 1 heterocycles. The number of hydrogen-bond donors (Lipinski definition) is 2. The highest BCUT2D eigenvalue weighted by Gasteiger charge is 2.39. The Labute approximate surface area is 195 Å². The Balaban J connectivity index is 1.46. The number of amides is 4. The first-order valence-corrected chi connectivity index (χ1v) is 11.8. The molecule has 2 atom stereocenters. The number of hydrogen-bond acceptors (Lipinski definition) is 3. The van der Waals surface area contributed by atoms with E-state index in [1.54, 1.807) is 4.90 Å². The molecule has 2 aliphatic rings. The van der Waals surface area contributed by atoms with Crippen molar-refractivity contribution in [2.75, 3.05) is 26.2 Å². The molecule has 1 aliphatic carbocycles. The lowest BCUT2D eigenvalue weighted by Crippen LogP contribution is -2.47. The van der Waals surface area contributed by atoms with Crippen LogP contribution in [0.5, 0.6) is 0 Å². The van der Waals surface area contributed by atoms with Crippen molar-refractivity contribution in [3.05, 3.63) is 71.8 Å². The molecule has 1 aliphatic heterocycles. The minimum atomic E-state index is -0.198. The second-order valence-electron chi connectivity index (χ2n) is 8.75. The van der Waals surface area contributed by atoms with Gasteiger partial charge in [-0.2, -0.15) is 0 Å². The zero-order valence-electron chi connectivity index (χ0n) is 18.9. The van der Waals surface area contributed by atoms with Crippen LogP contribution in [0.25, 0.3) is 0 Å². The van der Waals surface area contributed by atoms with E-state index in [9.17, 15) is 14.4 Å². The third-order valence-electron chi connectivity index (χ3n) is 6.58. The summed E-state index contributed by atoms with van der Waals surface area (Å²) in [5.74, 6) is -0.259. The van der Waals surface area contributed by atoms with Crippen molar-refractivity contribution in [3.8, 4) is 0 Å². The molecule has 4 amide bonds. The molecule has 7 nitrogen and oxygen atoms in total. The molecule has 2 unspecified atom stereocenters. The van der Waals surface area contributed by atoms with Gasteiger partial charge >= 0.3 is 6.03 Å². The number of carbonyl (C=O) groups excluding carboxylic acids is 3. The maximum Gasteiger partial charge on any atom is 0.317 e. The Morgan fingerprint density at radius 3 is 2.39 bits per heavy atom. The number of urea groups is 1. The lowest BCUT2D eigenvalue weighted by Gasteiger charge is -2.33. The largest absolute Gasteiger partial charge is 0.354 e. The molecule has 4 rings (SSSR count). The van der Waals surface area contributed by atoms with Crippen LogP contribution in [0.2, 0.25) is 0 Å². The van der Waals surface area contributed by atoms with Gasteiger partial charge < -0.3 is 20.4 Å². The van der Waals surface area contributed by atoms with E-state index in [-0.39, 0.29) is 29.8 Å². The minimum absolute atomic E-state index is 0.0186. The molecule has 2 aromatic carbocycles. The van der Waals surface area contributed by atoms with E-state index in [0.29, 0.717) is 44.7 Å². The highest BCUT2D eigenvalue weighted by Crippen LogP contribution is 2.31. The van der Waals surface area contributed by atoms with Gasteiger partial charge in [-0.1, -0.05) is 55.0 Å². The van der Waals surface area contributed by atoms with Crippen molar-refractivity contribution in [1.82, 2.24) is 20.4 Å². The lowest BCUT2D eigenvalue weighted by molar-refractivity contribution is -0.126. The Morgan fingerprint density at radius 2 is 1.64 bits per heavy atom. The van der Waals surface area contributed by atoms with Crippen LogP contribution in [-0.2, 0) is 11.3 Å². The minimum Gasteiger partial charge on any atom is -0.354 e. The number of nitrogens with zero attached hydrogens (tertiary/aromatic N) is 2. The summed E-state index contributed by atoms with van der Waals surface area (Å²) in [5, 5.41) is 5.98. The van der Waals surface area contributed by atoms with Gasteiger partial charge in [-0.25, -0.2) is 4.79 Å². The Morgan fingerprint density at radius 1 is 0.909 bits per heavy atom. The first-order chi connectivity index (χ1) is 16.1. The van der Waals surface area contributed by atoms with Crippen molar-refractivity contribution in [2.24, 2.45) is 5.92 Å². The van der Waals surface area contributed by atoms with Gasteiger partial charge in [0, 0.05) is 44.3 Å². The zero-order valence-corrected chi connectivity index (χ0v) is 18.9. The Kier molecular flexibility index (Phi) is 7.60. The Bertz CT molecular complexity index is 951. The highest BCUT2D eigenvalue weighted by molar-refractivity contribution is 5.95. The summed E-state index contributed by atoms with van der Waals surface area (Å²) in [6, 6.07) is 18.8. The van der Waals surface area contributed by atoms with E-state index in [1.807, 2.05) is 65.6 Å². The molecule has 0 bridgehead atoms. The van der Waals surface area contributed by atoms with Crippen LogP contribution in [0.15, 0.2) is 60.7 Å². The second kappa shape index (κ2) is 11.0. The number of carbonyl (C=O) groups is 3. The molecule has 7 heteroatoms. The zero-order chi connectivity index (χ0) is 23.0. The van der Waals surface area contributed by atoms with Crippen LogP contribution in [0.4, 0.5) is 4.79 Å². The summed E-state index contributed by atoms with van der Waals surface area (Å²) >= 11 is 0. The highest BCUT2D eigenvalue weighted by atomic mass is 16.2. The summed E-state index contributed by atoms with van der Waals surface area (Å²) in [6.45, 7) is 2.34. The molecule has 2 aromatic rings. The van der Waals surface area contributed by atoms with Gasteiger partial charge in [0.25, 0.3) is 5.91 Å². The van der Waals surface area contributed by atoms with Crippen LogP contribution in [-0.4, -0.2) is 59.9 Å². The molecule has 0 radical (unpaired) electrons. The van der Waals surface area contributed by atoms with Gasteiger partial charge in [0.15, 0.2) is 0 Å².